The van der Waals surface area contributed by atoms with Gasteiger partial charge in [-0.15, -0.1) is 0 Å². The van der Waals surface area contributed by atoms with Crippen LogP contribution in [0.3, 0.4) is 0 Å². The average Bonchev–Trinajstić information content (AvgIpc) is 2.74. The number of nitrogens with one attached hydrogen (secondary N) is 1. The predicted molar refractivity (Wildman–Crippen MR) is 123 cm³/mol. The summed E-state index contributed by atoms with van der Waals surface area (Å²) >= 11 is 3.45. The smallest absolute Gasteiger partial charge is 0.266 e. The summed E-state index contributed by atoms with van der Waals surface area (Å²) in [6, 6.07) is 19.0. The van der Waals surface area contributed by atoms with Crippen LogP contribution in [0.1, 0.15) is 22.3 Å². The molecule has 3 aromatic carbocycles. The molecule has 3 aromatic rings. The number of nitriles is 1. The van der Waals surface area contributed by atoms with Gasteiger partial charge in [-0.2, -0.15) is 5.26 Å². The van der Waals surface area contributed by atoms with E-state index < -0.39 is 5.91 Å². The number of carbonyl (C=O) groups is 1. The van der Waals surface area contributed by atoms with Crippen molar-refractivity contribution in [3.63, 3.8) is 0 Å². The summed E-state index contributed by atoms with van der Waals surface area (Å²) in [5, 5.41) is 12.2. The van der Waals surface area contributed by atoms with Crippen LogP contribution in [-0.2, 0) is 11.4 Å². The third kappa shape index (κ3) is 6.03. The van der Waals surface area contributed by atoms with Crippen LogP contribution in [-0.4, -0.2) is 5.91 Å². The summed E-state index contributed by atoms with van der Waals surface area (Å²) in [6.45, 7) is 4.17. The Morgan fingerprint density at radius 3 is 2.52 bits per heavy atom. The van der Waals surface area contributed by atoms with Crippen LogP contribution in [0.15, 0.2) is 70.7 Å². The number of benzene rings is 3. The fraction of sp³-hybridized carbons (Fsp3) is 0.120. The largest absolute Gasteiger partial charge is 0.488 e. The van der Waals surface area contributed by atoms with Crippen LogP contribution in [0.2, 0.25) is 0 Å². The molecule has 31 heavy (non-hydrogen) atoms. The highest BCUT2D eigenvalue weighted by Crippen LogP contribution is 2.28. The van der Waals surface area contributed by atoms with E-state index in [1.807, 2.05) is 38.1 Å². The Bertz CT molecular complexity index is 1180. The monoisotopic (exact) mass is 478 g/mol. The van der Waals surface area contributed by atoms with Crippen molar-refractivity contribution in [1.29, 1.82) is 5.26 Å². The van der Waals surface area contributed by atoms with Gasteiger partial charge < -0.3 is 10.1 Å². The summed E-state index contributed by atoms with van der Waals surface area (Å²) < 4.78 is 19.4. The van der Waals surface area contributed by atoms with Crippen molar-refractivity contribution in [2.75, 3.05) is 5.32 Å². The van der Waals surface area contributed by atoms with Crippen molar-refractivity contribution in [2.45, 2.75) is 20.5 Å². The maximum Gasteiger partial charge on any atom is 0.266 e. The van der Waals surface area contributed by atoms with Gasteiger partial charge >= 0.3 is 0 Å². The number of rotatable bonds is 6. The second kappa shape index (κ2) is 10.1. The van der Waals surface area contributed by atoms with Gasteiger partial charge in [-0.1, -0.05) is 35.9 Å². The molecule has 0 heterocycles. The van der Waals surface area contributed by atoms with Gasteiger partial charge in [-0.3, -0.25) is 4.79 Å². The Morgan fingerprint density at radius 2 is 1.87 bits per heavy atom. The molecule has 1 N–H and O–H groups in total. The lowest BCUT2D eigenvalue weighted by Gasteiger charge is -2.10. The van der Waals surface area contributed by atoms with Gasteiger partial charge in [0.15, 0.2) is 0 Å². The topological polar surface area (TPSA) is 62.1 Å². The summed E-state index contributed by atoms with van der Waals surface area (Å²) in [5.74, 6) is -0.169. The maximum absolute atomic E-state index is 13.0. The Kier molecular flexibility index (Phi) is 7.22. The average molecular weight is 479 g/mol. The first-order valence-electron chi connectivity index (χ1n) is 9.53. The van der Waals surface area contributed by atoms with E-state index in [9.17, 15) is 14.4 Å². The molecule has 156 valence electrons. The molecule has 1 amide bonds. The number of halogens is 2. The molecule has 3 rings (SSSR count). The molecular formula is C25H20BrFN2O2. The molecule has 6 heteroatoms. The van der Waals surface area contributed by atoms with Gasteiger partial charge in [-0.25, -0.2) is 4.39 Å². The van der Waals surface area contributed by atoms with Crippen LogP contribution in [0.4, 0.5) is 10.1 Å². The van der Waals surface area contributed by atoms with E-state index in [1.165, 1.54) is 18.2 Å². The summed E-state index contributed by atoms with van der Waals surface area (Å²) in [6.07, 6.45) is 1.52. The number of carbonyl (C=O) groups excluding carboxylic acids is 1. The van der Waals surface area contributed by atoms with Crippen LogP contribution >= 0.6 is 15.9 Å². The van der Waals surface area contributed by atoms with Gasteiger partial charge in [0.2, 0.25) is 0 Å². The van der Waals surface area contributed by atoms with Crippen molar-refractivity contribution in [3.8, 4) is 11.8 Å². The second-order valence-electron chi connectivity index (χ2n) is 7.05. The molecule has 0 atom stereocenters. The predicted octanol–water partition coefficient (Wildman–Crippen LogP) is 6.33. The van der Waals surface area contributed by atoms with E-state index in [0.29, 0.717) is 21.5 Å². The molecule has 0 spiro atoms. The summed E-state index contributed by atoms with van der Waals surface area (Å²) in [4.78, 5) is 12.6. The third-order valence-corrected chi connectivity index (χ3v) is 5.19. The minimum Gasteiger partial charge on any atom is -0.488 e. The molecule has 4 nitrogen and oxygen atoms in total. The van der Waals surface area contributed by atoms with E-state index in [0.717, 1.165) is 16.7 Å². The number of ether oxygens (including phenoxy) is 1. The van der Waals surface area contributed by atoms with Gasteiger partial charge in [0.25, 0.3) is 5.91 Å². The van der Waals surface area contributed by atoms with Crippen molar-refractivity contribution >= 4 is 33.6 Å². The third-order valence-electron chi connectivity index (χ3n) is 4.57. The van der Waals surface area contributed by atoms with Gasteiger partial charge in [-0.05, 0) is 82.9 Å². The molecule has 0 aliphatic heterocycles. The zero-order chi connectivity index (χ0) is 22.4. The van der Waals surface area contributed by atoms with E-state index >= 15 is 0 Å². The summed E-state index contributed by atoms with van der Waals surface area (Å²) in [5.41, 5.74) is 4.20. The number of hydrogen-bond donors (Lipinski definition) is 1. The van der Waals surface area contributed by atoms with E-state index in [2.05, 4.69) is 21.2 Å². The summed E-state index contributed by atoms with van der Waals surface area (Å²) in [7, 11) is 0. The standard InChI is InChI=1S/C25H20BrFN2O2/c1-16-3-9-23(17(2)11-16)29-25(30)20(14-28)12-19-6-10-24(22(26)13-19)31-15-18-4-7-21(27)8-5-18/h3-13H,15H2,1-2H3,(H,29,30)/b20-12+. The number of amides is 1. The maximum atomic E-state index is 13.0. The zero-order valence-electron chi connectivity index (χ0n) is 17.1. The van der Waals surface area contributed by atoms with Crippen LogP contribution in [0, 0.1) is 31.0 Å². The van der Waals surface area contributed by atoms with Crippen LogP contribution < -0.4 is 10.1 Å². The first-order chi connectivity index (χ1) is 14.9. The molecule has 0 unspecified atom stereocenters. The van der Waals surface area contributed by atoms with Crippen LogP contribution in [0.25, 0.3) is 6.08 Å². The van der Waals surface area contributed by atoms with Crippen molar-refractivity contribution in [1.82, 2.24) is 0 Å². The number of anilines is 1. The highest BCUT2D eigenvalue weighted by molar-refractivity contribution is 9.10. The SMILES string of the molecule is Cc1ccc(NC(=O)/C(C#N)=C/c2ccc(OCc3ccc(F)cc3)c(Br)c2)c(C)c1. The number of nitrogens with zero attached hydrogens (tertiary/aromatic N) is 1. The lowest BCUT2D eigenvalue weighted by molar-refractivity contribution is -0.112. The molecule has 0 saturated heterocycles. The fourth-order valence-electron chi connectivity index (χ4n) is 2.92. The van der Waals surface area contributed by atoms with Crippen molar-refractivity contribution in [3.05, 3.63) is 98.8 Å². The second-order valence-corrected chi connectivity index (χ2v) is 7.90. The zero-order valence-corrected chi connectivity index (χ0v) is 18.7. The number of aryl methyl sites for hydroxylation is 2. The molecule has 0 aliphatic rings. The minimum atomic E-state index is -0.470. The Morgan fingerprint density at radius 1 is 1.13 bits per heavy atom. The lowest BCUT2D eigenvalue weighted by atomic mass is 10.1. The van der Waals surface area contributed by atoms with Gasteiger partial charge in [0.05, 0.1) is 4.47 Å². The Labute approximate surface area is 189 Å². The first-order valence-corrected chi connectivity index (χ1v) is 10.3. The van der Waals surface area contributed by atoms with Crippen molar-refractivity contribution < 1.29 is 13.9 Å². The molecule has 0 radical (unpaired) electrons. The van der Waals surface area contributed by atoms with E-state index in [1.54, 1.807) is 30.3 Å². The number of hydrogen-bond acceptors (Lipinski definition) is 3. The quantitative estimate of drug-likeness (QED) is 0.332. The van der Waals surface area contributed by atoms with Crippen molar-refractivity contribution in [2.24, 2.45) is 0 Å². The van der Waals surface area contributed by atoms with Gasteiger partial charge in [0, 0.05) is 5.69 Å². The molecule has 0 bridgehead atoms. The molecule has 0 aliphatic carbocycles. The van der Waals surface area contributed by atoms with E-state index in [-0.39, 0.29) is 18.0 Å². The lowest BCUT2D eigenvalue weighted by Crippen LogP contribution is -2.14. The first kappa shape index (κ1) is 22.3. The van der Waals surface area contributed by atoms with Crippen LogP contribution in [0.5, 0.6) is 5.75 Å². The Hall–Kier alpha value is -3.43. The highest BCUT2D eigenvalue weighted by atomic mass is 79.9. The minimum absolute atomic E-state index is 0.00754. The Balaban J connectivity index is 1.71. The fourth-order valence-corrected chi connectivity index (χ4v) is 3.44. The molecule has 0 aromatic heterocycles. The highest BCUT2D eigenvalue weighted by Gasteiger charge is 2.12. The van der Waals surface area contributed by atoms with Gasteiger partial charge in [0.1, 0.15) is 29.8 Å². The molecular weight excluding hydrogens is 459 g/mol. The normalized spacial score (nSPS) is 11.0. The molecule has 0 fully saturated rings. The molecule has 0 saturated carbocycles. The van der Waals surface area contributed by atoms with E-state index in [4.69, 9.17) is 4.74 Å².